The van der Waals surface area contributed by atoms with Crippen LogP contribution in [0.2, 0.25) is 0 Å². The molecule has 7 nitrogen and oxygen atoms in total. The van der Waals surface area contributed by atoms with Gasteiger partial charge in [0.05, 0.1) is 18.6 Å². The molecule has 3 aromatic rings. The smallest absolute Gasteiger partial charge is 0.236 e. The summed E-state index contributed by atoms with van der Waals surface area (Å²) in [5, 5.41) is 14.5. The molecular weight excluding hydrogens is 382 g/mol. The molecule has 0 unspecified atom stereocenters. The van der Waals surface area contributed by atoms with Crippen molar-refractivity contribution in [3.05, 3.63) is 35.5 Å². The number of anilines is 1. The number of methoxy groups -OCH3 is 1. The summed E-state index contributed by atoms with van der Waals surface area (Å²) in [5.74, 6) is 1.89. The largest absolute Gasteiger partial charge is 0.497 e. The highest BCUT2D eigenvalue weighted by Gasteiger charge is 2.28. The molecule has 1 N–H and O–H groups in total. The number of hydrogen-bond acceptors (Lipinski definition) is 7. The number of aromatic nitrogens is 4. The molecule has 1 aromatic carbocycles. The summed E-state index contributed by atoms with van der Waals surface area (Å²) >= 11 is 2.82. The third kappa shape index (κ3) is 4.14. The highest BCUT2D eigenvalue weighted by atomic mass is 32.2. The van der Waals surface area contributed by atoms with Crippen molar-refractivity contribution >= 4 is 34.1 Å². The van der Waals surface area contributed by atoms with E-state index in [1.54, 1.807) is 7.11 Å². The number of ether oxygens (including phenoxy) is 1. The van der Waals surface area contributed by atoms with Crippen LogP contribution in [0.4, 0.5) is 5.13 Å². The first-order valence-corrected chi connectivity index (χ1v) is 10.4. The Bertz CT molecular complexity index is 947. The topological polar surface area (TPSA) is 81.9 Å². The average molecular weight is 402 g/mol. The van der Waals surface area contributed by atoms with E-state index in [1.807, 2.05) is 36.6 Å². The zero-order valence-corrected chi connectivity index (χ0v) is 16.6. The molecule has 1 saturated carbocycles. The number of nitrogens with one attached hydrogen (secondary N) is 1. The van der Waals surface area contributed by atoms with Crippen LogP contribution < -0.4 is 10.1 Å². The monoisotopic (exact) mass is 401 g/mol. The summed E-state index contributed by atoms with van der Waals surface area (Å²) in [6.07, 6.45) is 2.32. The Balaban J connectivity index is 1.35. The van der Waals surface area contributed by atoms with E-state index in [9.17, 15) is 4.79 Å². The zero-order valence-electron chi connectivity index (χ0n) is 15.0. The second-order valence-corrected chi connectivity index (χ2v) is 8.03. The van der Waals surface area contributed by atoms with Gasteiger partial charge < -0.3 is 14.6 Å². The van der Waals surface area contributed by atoms with E-state index in [1.165, 1.54) is 23.1 Å². The number of thioether (sulfide) groups is 1. The highest BCUT2D eigenvalue weighted by molar-refractivity contribution is 7.99. The van der Waals surface area contributed by atoms with Crippen molar-refractivity contribution in [1.82, 2.24) is 19.7 Å². The summed E-state index contributed by atoms with van der Waals surface area (Å²) in [6, 6.07) is 8.17. The molecule has 0 radical (unpaired) electrons. The Labute approximate surface area is 165 Å². The fraction of sp³-hybridized carbons (Fsp3) is 0.333. The lowest BCUT2D eigenvalue weighted by Crippen LogP contribution is -2.14. The quantitative estimate of drug-likeness (QED) is 0.607. The second kappa shape index (κ2) is 7.69. The molecule has 1 fully saturated rings. The molecule has 0 bridgehead atoms. The van der Waals surface area contributed by atoms with Gasteiger partial charge in [0.1, 0.15) is 11.6 Å². The Kier molecular flexibility index (Phi) is 5.13. The number of aryl methyl sites for hydroxylation is 1. The molecule has 0 saturated heterocycles. The van der Waals surface area contributed by atoms with Gasteiger partial charge in [0.15, 0.2) is 10.3 Å². The van der Waals surface area contributed by atoms with Crippen molar-refractivity contribution < 1.29 is 9.53 Å². The Morgan fingerprint density at radius 1 is 1.33 bits per heavy atom. The maximum Gasteiger partial charge on any atom is 0.236 e. The van der Waals surface area contributed by atoms with Gasteiger partial charge in [-0.2, -0.15) is 0 Å². The van der Waals surface area contributed by atoms with Crippen molar-refractivity contribution in [3.8, 4) is 17.0 Å². The van der Waals surface area contributed by atoms with Gasteiger partial charge in [-0.1, -0.05) is 11.8 Å². The molecule has 2 heterocycles. The van der Waals surface area contributed by atoms with Crippen LogP contribution in [0.15, 0.2) is 34.8 Å². The van der Waals surface area contributed by atoms with Crippen LogP contribution in [0, 0.1) is 6.92 Å². The number of carbonyl (C=O) groups is 1. The number of benzene rings is 1. The summed E-state index contributed by atoms with van der Waals surface area (Å²) in [5.41, 5.74) is 1.81. The second-order valence-electron chi connectivity index (χ2n) is 6.23. The van der Waals surface area contributed by atoms with Crippen LogP contribution in [-0.2, 0) is 4.79 Å². The molecule has 1 aliphatic rings. The van der Waals surface area contributed by atoms with Gasteiger partial charge in [-0.05, 0) is 44.0 Å². The predicted molar refractivity (Wildman–Crippen MR) is 106 cm³/mol. The van der Waals surface area contributed by atoms with Gasteiger partial charge in [-0.3, -0.25) is 4.79 Å². The number of thiazole rings is 1. The van der Waals surface area contributed by atoms with Gasteiger partial charge in [0.25, 0.3) is 0 Å². The minimum Gasteiger partial charge on any atom is -0.497 e. The number of hydrogen-bond donors (Lipinski definition) is 1. The van der Waals surface area contributed by atoms with E-state index in [2.05, 4.69) is 25.1 Å². The molecule has 2 aromatic heterocycles. The summed E-state index contributed by atoms with van der Waals surface area (Å²) < 4.78 is 7.29. The lowest BCUT2D eigenvalue weighted by Gasteiger charge is -2.06. The van der Waals surface area contributed by atoms with E-state index in [4.69, 9.17) is 4.74 Å². The van der Waals surface area contributed by atoms with Crippen molar-refractivity contribution in [2.75, 3.05) is 18.2 Å². The lowest BCUT2D eigenvalue weighted by atomic mass is 10.2. The van der Waals surface area contributed by atoms with Crippen LogP contribution in [0.3, 0.4) is 0 Å². The van der Waals surface area contributed by atoms with Gasteiger partial charge in [-0.25, -0.2) is 4.98 Å². The number of carbonyl (C=O) groups excluding carboxylic acids is 1. The fourth-order valence-electron chi connectivity index (χ4n) is 2.71. The Morgan fingerprint density at radius 3 is 2.81 bits per heavy atom. The van der Waals surface area contributed by atoms with Gasteiger partial charge in [0, 0.05) is 17.0 Å². The minimum absolute atomic E-state index is 0.0985. The maximum atomic E-state index is 12.3. The third-order valence-corrected chi connectivity index (χ3v) is 5.92. The molecule has 27 heavy (non-hydrogen) atoms. The molecular formula is C18H19N5O2S2. The maximum absolute atomic E-state index is 12.3. The van der Waals surface area contributed by atoms with Crippen LogP contribution in [0.1, 0.15) is 24.7 Å². The molecule has 9 heteroatoms. The molecule has 0 spiro atoms. The molecule has 0 atom stereocenters. The minimum atomic E-state index is -0.0985. The normalized spacial score (nSPS) is 13.6. The van der Waals surface area contributed by atoms with E-state index in [0.29, 0.717) is 11.2 Å². The first kappa shape index (κ1) is 18.0. The van der Waals surface area contributed by atoms with Crippen molar-refractivity contribution in [1.29, 1.82) is 0 Å². The zero-order chi connectivity index (χ0) is 18.8. The van der Waals surface area contributed by atoms with E-state index in [0.717, 1.165) is 40.8 Å². The third-order valence-electron chi connectivity index (χ3n) is 4.22. The van der Waals surface area contributed by atoms with Crippen molar-refractivity contribution in [2.24, 2.45) is 0 Å². The summed E-state index contributed by atoms with van der Waals surface area (Å²) in [4.78, 5) is 16.8. The standard InChI is InChI=1S/C18H19N5O2S2/c1-11-21-22-18(23(11)13-5-6-13)27-10-16(24)20-17-19-15(9-26-17)12-3-7-14(25-2)8-4-12/h3-4,7-9,13H,5-6,10H2,1-2H3,(H,19,20,24). The number of nitrogens with zero attached hydrogens (tertiary/aromatic N) is 4. The molecule has 1 amide bonds. The van der Waals surface area contributed by atoms with E-state index >= 15 is 0 Å². The van der Waals surface area contributed by atoms with Crippen LogP contribution in [0.5, 0.6) is 5.75 Å². The summed E-state index contributed by atoms with van der Waals surface area (Å²) in [6.45, 7) is 1.95. The van der Waals surface area contributed by atoms with Gasteiger partial charge in [0.2, 0.25) is 5.91 Å². The van der Waals surface area contributed by atoms with Crippen molar-refractivity contribution in [2.45, 2.75) is 31.0 Å². The number of rotatable bonds is 7. The fourth-order valence-corrected chi connectivity index (χ4v) is 4.30. The summed E-state index contributed by atoms with van der Waals surface area (Å²) in [7, 11) is 1.64. The van der Waals surface area contributed by atoms with Gasteiger partial charge in [-0.15, -0.1) is 21.5 Å². The van der Waals surface area contributed by atoms with Crippen LogP contribution in [-0.4, -0.2) is 38.5 Å². The highest BCUT2D eigenvalue weighted by Crippen LogP contribution is 2.38. The van der Waals surface area contributed by atoms with Crippen LogP contribution >= 0.6 is 23.1 Å². The van der Waals surface area contributed by atoms with E-state index in [-0.39, 0.29) is 11.7 Å². The number of amides is 1. The van der Waals surface area contributed by atoms with Crippen molar-refractivity contribution in [3.63, 3.8) is 0 Å². The predicted octanol–water partition coefficient (Wildman–Crippen LogP) is 3.78. The SMILES string of the molecule is COc1ccc(-c2csc(NC(=O)CSc3nnc(C)n3C3CC3)n2)cc1. The van der Waals surface area contributed by atoms with Gasteiger partial charge >= 0.3 is 0 Å². The first-order valence-electron chi connectivity index (χ1n) is 8.58. The molecule has 140 valence electrons. The first-order chi connectivity index (χ1) is 13.1. The lowest BCUT2D eigenvalue weighted by molar-refractivity contribution is -0.113. The van der Waals surface area contributed by atoms with Crippen LogP contribution in [0.25, 0.3) is 11.3 Å². The van der Waals surface area contributed by atoms with E-state index < -0.39 is 0 Å². The average Bonchev–Trinajstić information content (AvgIpc) is 3.29. The Morgan fingerprint density at radius 2 is 2.11 bits per heavy atom. The molecule has 4 rings (SSSR count). The Hall–Kier alpha value is -2.39. The molecule has 1 aliphatic carbocycles. The molecule has 0 aliphatic heterocycles.